The van der Waals surface area contributed by atoms with E-state index in [1.54, 1.807) is 6.92 Å². The first-order valence-electron chi connectivity index (χ1n) is 15.4. The summed E-state index contributed by atoms with van der Waals surface area (Å²) in [5.41, 5.74) is -3.13. The van der Waals surface area contributed by atoms with Crippen LogP contribution in [0.1, 0.15) is 68.2 Å². The summed E-state index contributed by atoms with van der Waals surface area (Å²) in [6.07, 6.45) is -5.39. The summed E-state index contributed by atoms with van der Waals surface area (Å²) in [5.74, 6) is 0.238. The van der Waals surface area contributed by atoms with Crippen molar-refractivity contribution in [1.82, 2.24) is 25.2 Å². The standard InChI is InChI=1S/C30H36F6N8O4/c1-4-42(16-20-8-6-19(7-9-20)12-26(45)48-5-2)27-22(13-24(15-37-27)30(34,35)36)18-43(28-38-40-41(3)39-28)17-21-10-23(29(31,32)33)14-25(11-21)44(46)47/h10-11,13-15,19-20H,4-9,12,16-18H2,1-3H3. The number of aromatic nitrogens is 5. The van der Waals surface area contributed by atoms with Crippen LogP contribution in [0.15, 0.2) is 30.5 Å². The first kappa shape index (κ1) is 36.3. The number of pyridine rings is 1. The third-order valence-corrected chi connectivity index (χ3v) is 8.19. The number of alkyl halides is 6. The first-order valence-corrected chi connectivity index (χ1v) is 15.4. The van der Waals surface area contributed by atoms with E-state index in [4.69, 9.17) is 4.74 Å². The molecule has 1 fully saturated rings. The Morgan fingerprint density at radius 3 is 2.21 bits per heavy atom. The van der Waals surface area contributed by atoms with Gasteiger partial charge in [0.2, 0.25) is 0 Å². The number of hydrogen-bond donors (Lipinski definition) is 0. The number of nitrogens with zero attached hydrogens (tertiary/aromatic N) is 8. The van der Waals surface area contributed by atoms with Gasteiger partial charge in [0.05, 0.1) is 29.7 Å². The Balaban J connectivity index is 1.66. The highest BCUT2D eigenvalue weighted by atomic mass is 19.4. The van der Waals surface area contributed by atoms with Crippen LogP contribution in [-0.4, -0.2) is 55.8 Å². The number of ether oxygens (including phenoxy) is 1. The van der Waals surface area contributed by atoms with Crippen LogP contribution in [0, 0.1) is 22.0 Å². The number of nitro benzene ring substituents is 1. The number of rotatable bonds is 13. The minimum atomic E-state index is -4.89. The lowest BCUT2D eigenvalue weighted by molar-refractivity contribution is -0.385. The lowest BCUT2D eigenvalue weighted by Gasteiger charge is -2.34. The van der Waals surface area contributed by atoms with Crippen LogP contribution in [0.5, 0.6) is 0 Å². The number of anilines is 2. The molecule has 3 aromatic rings. The molecule has 2 aromatic heterocycles. The van der Waals surface area contributed by atoms with Crippen LogP contribution in [0.3, 0.4) is 0 Å². The molecule has 0 radical (unpaired) electrons. The van der Waals surface area contributed by atoms with E-state index in [-0.39, 0.29) is 47.2 Å². The summed E-state index contributed by atoms with van der Waals surface area (Å²) in [4.78, 5) is 30.9. The van der Waals surface area contributed by atoms with Gasteiger partial charge < -0.3 is 14.5 Å². The number of halogens is 6. The number of hydrogen-bond acceptors (Lipinski definition) is 10. The van der Waals surface area contributed by atoms with Gasteiger partial charge in [-0.25, -0.2) is 4.98 Å². The van der Waals surface area contributed by atoms with E-state index in [0.717, 1.165) is 54.9 Å². The molecule has 1 aromatic carbocycles. The van der Waals surface area contributed by atoms with E-state index in [9.17, 15) is 41.3 Å². The molecule has 0 unspecified atom stereocenters. The number of benzene rings is 1. The van der Waals surface area contributed by atoms with Crippen molar-refractivity contribution in [2.45, 2.75) is 71.4 Å². The van der Waals surface area contributed by atoms with E-state index >= 15 is 0 Å². The number of carbonyl (C=O) groups excluding carboxylic acids is 1. The van der Waals surface area contributed by atoms with Gasteiger partial charge in [-0.1, -0.05) is 5.10 Å². The maximum absolute atomic E-state index is 13.9. The van der Waals surface area contributed by atoms with Crippen molar-refractivity contribution >= 4 is 23.4 Å². The van der Waals surface area contributed by atoms with Crippen molar-refractivity contribution in [2.24, 2.45) is 18.9 Å². The second-order valence-corrected chi connectivity index (χ2v) is 11.7. The van der Waals surface area contributed by atoms with Gasteiger partial charge >= 0.3 is 18.3 Å². The fourth-order valence-electron chi connectivity index (χ4n) is 5.87. The molecule has 18 heteroatoms. The van der Waals surface area contributed by atoms with Crippen molar-refractivity contribution in [3.63, 3.8) is 0 Å². The molecule has 0 atom stereocenters. The lowest BCUT2D eigenvalue weighted by atomic mass is 9.80. The molecule has 0 aliphatic heterocycles. The molecular formula is C30H36F6N8O4. The molecule has 12 nitrogen and oxygen atoms in total. The number of carbonyl (C=O) groups is 1. The van der Waals surface area contributed by atoms with Crippen LogP contribution in [0.25, 0.3) is 0 Å². The van der Waals surface area contributed by atoms with Gasteiger partial charge in [0.1, 0.15) is 5.82 Å². The summed E-state index contributed by atoms with van der Waals surface area (Å²) in [7, 11) is 1.43. The number of aryl methyl sites for hydroxylation is 1. The quantitative estimate of drug-likeness (QED) is 0.0868. The molecule has 1 aliphatic rings. The van der Waals surface area contributed by atoms with Crippen molar-refractivity contribution in [3.8, 4) is 0 Å². The van der Waals surface area contributed by atoms with E-state index in [1.807, 2.05) is 11.8 Å². The smallest absolute Gasteiger partial charge is 0.417 e. The normalized spacial score (nSPS) is 16.9. The van der Waals surface area contributed by atoms with Gasteiger partial charge in [0, 0.05) is 56.5 Å². The molecule has 262 valence electrons. The average molecular weight is 687 g/mol. The summed E-state index contributed by atoms with van der Waals surface area (Å²) < 4.78 is 87.7. The number of nitro groups is 1. The van der Waals surface area contributed by atoms with Crippen LogP contribution in [-0.2, 0) is 42.0 Å². The van der Waals surface area contributed by atoms with E-state index in [0.29, 0.717) is 32.2 Å². The van der Waals surface area contributed by atoms with E-state index < -0.39 is 40.6 Å². The monoisotopic (exact) mass is 686 g/mol. The fraction of sp³-hybridized carbons (Fsp3) is 0.567. The highest BCUT2D eigenvalue weighted by Gasteiger charge is 2.35. The number of non-ortho nitro benzene ring substituents is 1. The third kappa shape index (κ3) is 9.53. The minimum absolute atomic E-state index is 0.0941. The second kappa shape index (κ2) is 15.1. The maximum atomic E-state index is 13.9. The molecular weight excluding hydrogens is 650 g/mol. The van der Waals surface area contributed by atoms with Crippen molar-refractivity contribution in [1.29, 1.82) is 0 Å². The Bertz CT molecular complexity index is 1570. The SMILES string of the molecule is CCOC(=O)CC1CCC(CN(CC)c2ncc(C(F)(F)F)cc2CN(Cc2cc([N+](=O)[O-])cc(C(F)(F)F)c2)c2nnn(C)n2)CC1. The first-order chi connectivity index (χ1) is 22.6. The Labute approximate surface area is 272 Å². The molecule has 1 saturated carbocycles. The minimum Gasteiger partial charge on any atom is -0.466 e. The molecule has 2 heterocycles. The maximum Gasteiger partial charge on any atom is 0.417 e. The van der Waals surface area contributed by atoms with E-state index in [1.165, 1.54) is 11.9 Å². The molecule has 0 saturated heterocycles. The number of tetrazole rings is 1. The molecule has 4 rings (SSSR count). The van der Waals surface area contributed by atoms with Crippen LogP contribution in [0.4, 0.5) is 43.8 Å². The molecule has 48 heavy (non-hydrogen) atoms. The third-order valence-electron chi connectivity index (χ3n) is 8.19. The molecule has 0 bridgehead atoms. The van der Waals surface area contributed by atoms with Gasteiger partial charge in [0.25, 0.3) is 11.6 Å². The topological polar surface area (TPSA) is 132 Å². The summed E-state index contributed by atoms with van der Waals surface area (Å²) in [5, 5.41) is 23.2. The number of esters is 1. The van der Waals surface area contributed by atoms with Crippen LogP contribution < -0.4 is 9.80 Å². The fourth-order valence-corrected chi connectivity index (χ4v) is 5.87. The van der Waals surface area contributed by atoms with Crippen molar-refractivity contribution in [3.05, 3.63) is 62.8 Å². The Kier molecular flexibility index (Phi) is 11.5. The lowest BCUT2D eigenvalue weighted by Crippen LogP contribution is -2.34. The predicted octanol–water partition coefficient (Wildman–Crippen LogP) is 6.34. The molecule has 0 N–H and O–H groups in total. The second-order valence-electron chi connectivity index (χ2n) is 11.7. The van der Waals surface area contributed by atoms with Gasteiger partial charge in [0.15, 0.2) is 0 Å². The molecule has 0 amide bonds. The zero-order chi connectivity index (χ0) is 35.2. The van der Waals surface area contributed by atoms with Crippen LogP contribution in [0.2, 0.25) is 0 Å². The molecule has 0 spiro atoms. The van der Waals surface area contributed by atoms with Crippen molar-refractivity contribution in [2.75, 3.05) is 29.5 Å². The van der Waals surface area contributed by atoms with Gasteiger partial charge in [-0.15, -0.1) is 5.10 Å². The Morgan fingerprint density at radius 2 is 1.65 bits per heavy atom. The summed E-state index contributed by atoms with van der Waals surface area (Å²) >= 11 is 0. The largest absolute Gasteiger partial charge is 0.466 e. The van der Waals surface area contributed by atoms with Gasteiger partial charge in [-0.3, -0.25) is 14.9 Å². The highest BCUT2D eigenvalue weighted by Crippen LogP contribution is 2.37. The Morgan fingerprint density at radius 1 is 0.979 bits per heavy atom. The Hall–Kier alpha value is -4.51. The predicted molar refractivity (Wildman–Crippen MR) is 161 cm³/mol. The van der Waals surface area contributed by atoms with Gasteiger partial charge in [-0.2, -0.15) is 31.1 Å². The zero-order valence-corrected chi connectivity index (χ0v) is 26.6. The highest BCUT2D eigenvalue weighted by molar-refractivity contribution is 5.69. The molecule has 1 aliphatic carbocycles. The summed E-state index contributed by atoms with van der Waals surface area (Å²) in [6.45, 7) is 3.98. The van der Waals surface area contributed by atoms with Crippen LogP contribution >= 0.6 is 0 Å². The summed E-state index contributed by atoms with van der Waals surface area (Å²) in [6, 6.07) is 3.03. The average Bonchev–Trinajstić information content (AvgIpc) is 3.45. The van der Waals surface area contributed by atoms with E-state index in [2.05, 4.69) is 20.4 Å². The van der Waals surface area contributed by atoms with Crippen molar-refractivity contribution < 1.29 is 40.8 Å². The zero-order valence-electron chi connectivity index (χ0n) is 26.6. The van der Waals surface area contributed by atoms with Gasteiger partial charge in [-0.05, 0) is 74.3 Å².